The summed E-state index contributed by atoms with van der Waals surface area (Å²) in [6, 6.07) is 13.5. The highest BCUT2D eigenvalue weighted by Gasteiger charge is 2.04. The molecule has 0 unspecified atom stereocenters. The van der Waals surface area contributed by atoms with E-state index in [1.54, 1.807) is 12.1 Å². The summed E-state index contributed by atoms with van der Waals surface area (Å²) in [4.78, 5) is 14.1. The largest absolute Gasteiger partial charge is 0.384 e. The number of likely N-dealkylation sites (N-methyl/N-ethyl adjacent to an activating group) is 1. The van der Waals surface area contributed by atoms with Gasteiger partial charge in [-0.25, -0.2) is 4.39 Å². The minimum absolute atomic E-state index is 0.120. The van der Waals surface area contributed by atoms with E-state index >= 15 is 0 Å². The SMILES string of the molecule is CN(C)CCNc1ccc(NC(=O)Cc2ccc(F)cc2)cc1. The summed E-state index contributed by atoms with van der Waals surface area (Å²) in [5.41, 5.74) is 2.55. The second-order valence-electron chi connectivity index (χ2n) is 5.66. The van der Waals surface area contributed by atoms with Crippen LogP contribution in [-0.2, 0) is 11.2 Å². The van der Waals surface area contributed by atoms with Crippen molar-refractivity contribution < 1.29 is 9.18 Å². The minimum atomic E-state index is -0.300. The molecule has 1 amide bonds. The van der Waals surface area contributed by atoms with Crippen molar-refractivity contribution >= 4 is 17.3 Å². The molecule has 2 rings (SSSR count). The van der Waals surface area contributed by atoms with E-state index < -0.39 is 0 Å². The summed E-state index contributed by atoms with van der Waals surface area (Å²) in [5, 5.41) is 6.15. The standard InChI is InChI=1S/C18H22FN3O/c1-22(2)12-11-20-16-7-9-17(10-8-16)21-18(23)13-14-3-5-15(19)6-4-14/h3-10,20H,11-13H2,1-2H3,(H,21,23). The molecular formula is C18H22FN3O. The molecule has 0 heterocycles. The summed E-state index contributed by atoms with van der Waals surface area (Å²) in [6.07, 6.45) is 0.225. The van der Waals surface area contributed by atoms with Crippen molar-refractivity contribution in [2.75, 3.05) is 37.8 Å². The van der Waals surface area contributed by atoms with Gasteiger partial charge in [0.2, 0.25) is 5.91 Å². The second-order valence-corrected chi connectivity index (χ2v) is 5.66. The van der Waals surface area contributed by atoms with Gasteiger partial charge in [-0.1, -0.05) is 12.1 Å². The average molecular weight is 315 g/mol. The van der Waals surface area contributed by atoms with E-state index in [2.05, 4.69) is 15.5 Å². The van der Waals surface area contributed by atoms with E-state index in [4.69, 9.17) is 0 Å². The van der Waals surface area contributed by atoms with Gasteiger partial charge in [0.15, 0.2) is 0 Å². The van der Waals surface area contributed by atoms with Crippen LogP contribution in [0.2, 0.25) is 0 Å². The number of amides is 1. The summed E-state index contributed by atoms with van der Waals surface area (Å²) in [5.74, 6) is -0.420. The van der Waals surface area contributed by atoms with Crippen molar-refractivity contribution in [1.82, 2.24) is 4.90 Å². The van der Waals surface area contributed by atoms with Crippen LogP contribution in [0.15, 0.2) is 48.5 Å². The van der Waals surface area contributed by atoms with Crippen LogP contribution in [0.1, 0.15) is 5.56 Å². The molecule has 0 atom stereocenters. The van der Waals surface area contributed by atoms with E-state index in [1.165, 1.54) is 12.1 Å². The van der Waals surface area contributed by atoms with E-state index in [0.717, 1.165) is 30.0 Å². The highest BCUT2D eigenvalue weighted by Crippen LogP contribution is 2.14. The van der Waals surface area contributed by atoms with E-state index in [0.29, 0.717) is 0 Å². The molecule has 0 aromatic heterocycles. The van der Waals surface area contributed by atoms with Crippen molar-refractivity contribution in [2.24, 2.45) is 0 Å². The fourth-order valence-electron chi connectivity index (χ4n) is 2.09. The number of rotatable bonds is 7. The zero-order valence-corrected chi connectivity index (χ0v) is 13.5. The molecule has 0 aliphatic heterocycles. The Morgan fingerprint density at radius 3 is 2.22 bits per heavy atom. The first-order chi connectivity index (χ1) is 11.0. The molecule has 2 N–H and O–H groups in total. The predicted molar refractivity (Wildman–Crippen MR) is 92.2 cm³/mol. The van der Waals surface area contributed by atoms with Crippen LogP contribution in [0.25, 0.3) is 0 Å². The Morgan fingerprint density at radius 1 is 1.00 bits per heavy atom. The van der Waals surface area contributed by atoms with Crippen LogP contribution in [0.5, 0.6) is 0 Å². The minimum Gasteiger partial charge on any atom is -0.384 e. The molecule has 2 aromatic rings. The molecule has 0 aliphatic rings. The van der Waals surface area contributed by atoms with Gasteiger partial charge < -0.3 is 15.5 Å². The molecule has 122 valence electrons. The van der Waals surface area contributed by atoms with Crippen LogP contribution < -0.4 is 10.6 Å². The molecule has 23 heavy (non-hydrogen) atoms. The maximum absolute atomic E-state index is 12.8. The lowest BCUT2D eigenvalue weighted by Crippen LogP contribution is -2.20. The van der Waals surface area contributed by atoms with Gasteiger partial charge in [0, 0.05) is 24.5 Å². The first kappa shape index (κ1) is 17.0. The molecule has 0 radical (unpaired) electrons. The van der Waals surface area contributed by atoms with Gasteiger partial charge in [-0.2, -0.15) is 0 Å². The smallest absolute Gasteiger partial charge is 0.228 e. The van der Waals surface area contributed by atoms with Crippen LogP contribution in [-0.4, -0.2) is 38.0 Å². The fraction of sp³-hybridized carbons (Fsp3) is 0.278. The van der Waals surface area contributed by atoms with Crippen LogP contribution >= 0.6 is 0 Å². The van der Waals surface area contributed by atoms with Gasteiger partial charge in [-0.15, -0.1) is 0 Å². The van der Waals surface area contributed by atoms with Gasteiger partial charge in [0.1, 0.15) is 5.82 Å². The summed E-state index contributed by atoms with van der Waals surface area (Å²) < 4.78 is 12.8. The van der Waals surface area contributed by atoms with Crippen LogP contribution in [0.3, 0.4) is 0 Å². The third-order valence-electron chi connectivity index (χ3n) is 3.33. The summed E-state index contributed by atoms with van der Waals surface area (Å²) in [6.45, 7) is 1.82. The van der Waals surface area contributed by atoms with Gasteiger partial charge in [0.05, 0.1) is 6.42 Å². The average Bonchev–Trinajstić information content (AvgIpc) is 2.51. The molecule has 4 nitrogen and oxygen atoms in total. The lowest BCUT2D eigenvalue weighted by molar-refractivity contribution is -0.115. The van der Waals surface area contributed by atoms with Crippen molar-refractivity contribution in [3.63, 3.8) is 0 Å². The number of carbonyl (C=O) groups is 1. The molecule has 2 aromatic carbocycles. The monoisotopic (exact) mass is 315 g/mol. The number of nitrogens with zero attached hydrogens (tertiary/aromatic N) is 1. The normalized spacial score (nSPS) is 10.6. The summed E-state index contributed by atoms with van der Waals surface area (Å²) >= 11 is 0. The maximum Gasteiger partial charge on any atom is 0.228 e. The Hall–Kier alpha value is -2.40. The third-order valence-corrected chi connectivity index (χ3v) is 3.33. The number of nitrogens with one attached hydrogen (secondary N) is 2. The van der Waals surface area contributed by atoms with Crippen LogP contribution in [0, 0.1) is 5.82 Å². The van der Waals surface area contributed by atoms with Crippen molar-refractivity contribution in [3.8, 4) is 0 Å². The van der Waals surface area contributed by atoms with Gasteiger partial charge in [-0.3, -0.25) is 4.79 Å². The van der Waals surface area contributed by atoms with E-state index in [-0.39, 0.29) is 18.1 Å². The number of hydrogen-bond acceptors (Lipinski definition) is 3. The zero-order chi connectivity index (χ0) is 16.7. The molecule has 0 saturated carbocycles. The Balaban J connectivity index is 1.82. The van der Waals surface area contributed by atoms with Crippen LogP contribution in [0.4, 0.5) is 15.8 Å². The zero-order valence-electron chi connectivity index (χ0n) is 13.5. The van der Waals surface area contributed by atoms with E-state index in [9.17, 15) is 9.18 Å². The highest BCUT2D eigenvalue weighted by molar-refractivity contribution is 5.92. The van der Waals surface area contributed by atoms with Crippen molar-refractivity contribution in [2.45, 2.75) is 6.42 Å². The predicted octanol–water partition coefficient (Wildman–Crippen LogP) is 2.98. The number of halogens is 1. The first-order valence-electron chi connectivity index (χ1n) is 7.56. The lowest BCUT2D eigenvalue weighted by Gasteiger charge is -2.12. The van der Waals surface area contributed by atoms with E-state index in [1.807, 2.05) is 38.4 Å². The fourth-order valence-corrected chi connectivity index (χ4v) is 2.09. The molecule has 0 aliphatic carbocycles. The highest BCUT2D eigenvalue weighted by atomic mass is 19.1. The lowest BCUT2D eigenvalue weighted by atomic mass is 10.1. The second kappa shape index (κ2) is 8.29. The Kier molecular flexibility index (Phi) is 6.11. The Morgan fingerprint density at radius 2 is 1.61 bits per heavy atom. The third kappa shape index (κ3) is 6.08. The number of hydrogen-bond donors (Lipinski definition) is 2. The molecule has 0 fully saturated rings. The molecule has 5 heteroatoms. The Labute approximate surface area is 136 Å². The number of carbonyl (C=O) groups excluding carboxylic acids is 1. The first-order valence-corrected chi connectivity index (χ1v) is 7.56. The molecule has 0 bridgehead atoms. The maximum atomic E-state index is 12.8. The molecule has 0 spiro atoms. The van der Waals surface area contributed by atoms with Crippen molar-refractivity contribution in [3.05, 3.63) is 59.9 Å². The van der Waals surface area contributed by atoms with Gasteiger partial charge in [0.25, 0.3) is 0 Å². The van der Waals surface area contributed by atoms with Crippen molar-refractivity contribution in [1.29, 1.82) is 0 Å². The van der Waals surface area contributed by atoms with Gasteiger partial charge >= 0.3 is 0 Å². The Bertz CT molecular complexity index is 624. The molecule has 0 saturated heterocycles. The number of benzene rings is 2. The van der Waals surface area contributed by atoms with Gasteiger partial charge in [-0.05, 0) is 56.1 Å². The molecular weight excluding hydrogens is 293 g/mol. The quantitative estimate of drug-likeness (QED) is 0.825. The summed E-state index contributed by atoms with van der Waals surface area (Å²) in [7, 11) is 4.06. The number of anilines is 2. The topological polar surface area (TPSA) is 44.4 Å².